The van der Waals surface area contributed by atoms with Crippen molar-refractivity contribution >= 4 is 38.4 Å². The fourth-order valence-corrected chi connectivity index (χ4v) is 8.51. The Balaban J connectivity index is 1.16. The van der Waals surface area contributed by atoms with Crippen molar-refractivity contribution in [3.63, 3.8) is 0 Å². The Morgan fingerprint density at radius 2 is 1.44 bits per heavy atom. The summed E-state index contributed by atoms with van der Waals surface area (Å²) in [5.41, 5.74) is 12.0. The first kappa shape index (κ1) is 33.9. The maximum atomic E-state index is 13.3. The first-order valence-electron chi connectivity index (χ1n) is 16.3. The quantitative estimate of drug-likeness (QED) is 0.0936. The molecule has 1 unspecified atom stereocenters. The van der Waals surface area contributed by atoms with Crippen molar-refractivity contribution in [3.8, 4) is 0 Å². The molecule has 2 heterocycles. The number of ether oxygens (including phenoxy) is 2. The van der Waals surface area contributed by atoms with Gasteiger partial charge in [0, 0.05) is 45.9 Å². The average Bonchev–Trinajstić information content (AvgIpc) is 3.17. The smallest absolute Gasteiger partial charge is 0.243 e. The van der Waals surface area contributed by atoms with E-state index in [4.69, 9.17) is 15.2 Å². The number of nitrogens with one attached hydrogen (secondary N) is 1. The number of nitrogens with zero attached hydrogens (tertiary/aromatic N) is 1. The van der Waals surface area contributed by atoms with Crippen LogP contribution in [-0.2, 0) is 32.6 Å². The molecule has 0 saturated carbocycles. The molecular weight excluding hydrogens is 667 g/mol. The minimum absolute atomic E-state index is 0.0429. The lowest BCUT2D eigenvalue weighted by Crippen LogP contribution is -2.38. The van der Waals surface area contributed by atoms with Gasteiger partial charge in [0.15, 0.2) is 6.29 Å². The SMILES string of the molecule is Nc1ccccc1SC[C@H]1OC(c2ccc(CNS(=O)(=O)c3cccc4cccnc34)cc2)O[C@@H](c2ccc(CO)cc2)[C@@H]1c1ccccc1. The zero-order valence-corrected chi connectivity index (χ0v) is 28.8. The molecular formula is C40H37N3O5S2. The van der Waals surface area contributed by atoms with Gasteiger partial charge < -0.3 is 20.3 Å². The molecule has 1 fully saturated rings. The number of aliphatic hydroxyl groups excluding tert-OH is 1. The van der Waals surface area contributed by atoms with Crippen molar-refractivity contribution in [2.75, 3.05) is 11.5 Å². The van der Waals surface area contributed by atoms with E-state index < -0.39 is 16.3 Å². The molecule has 10 heteroatoms. The molecule has 0 amide bonds. The number of aliphatic hydroxyl groups is 1. The van der Waals surface area contributed by atoms with Gasteiger partial charge in [-0.25, -0.2) is 13.1 Å². The van der Waals surface area contributed by atoms with Crippen LogP contribution in [0.1, 0.15) is 46.1 Å². The third-order valence-electron chi connectivity index (χ3n) is 8.90. The Kier molecular flexibility index (Phi) is 10.3. The molecule has 1 saturated heterocycles. The molecule has 1 aromatic heterocycles. The van der Waals surface area contributed by atoms with Crippen LogP contribution in [0.3, 0.4) is 0 Å². The number of hydrogen-bond donors (Lipinski definition) is 3. The van der Waals surface area contributed by atoms with E-state index in [-0.39, 0.29) is 36.2 Å². The standard InChI is InChI=1S/C40H37N3O5S2/c41-33-12-4-5-13-35(33)49-26-34-37(29-8-2-1-3-9-29)39(31-19-17-28(25-44)18-20-31)48-40(47-34)32-21-15-27(16-22-32)24-43-50(45,46)36-14-6-10-30-11-7-23-42-38(30)36/h1-23,34,37,39-40,43-44H,24-26,41H2/t34-,37-,39+,40?/m1/s1. The van der Waals surface area contributed by atoms with Crippen molar-refractivity contribution in [1.82, 2.24) is 9.71 Å². The molecule has 1 aliphatic heterocycles. The van der Waals surface area contributed by atoms with E-state index in [1.165, 1.54) is 0 Å². The number of rotatable bonds is 11. The Labute approximate surface area is 296 Å². The van der Waals surface area contributed by atoms with Crippen molar-refractivity contribution in [2.45, 2.75) is 47.4 Å². The van der Waals surface area contributed by atoms with Gasteiger partial charge >= 0.3 is 0 Å². The summed E-state index contributed by atoms with van der Waals surface area (Å²) in [7, 11) is -3.82. The summed E-state index contributed by atoms with van der Waals surface area (Å²) in [6.07, 6.45) is 0.281. The van der Waals surface area contributed by atoms with Gasteiger partial charge in [0.05, 0.1) is 24.3 Å². The summed E-state index contributed by atoms with van der Waals surface area (Å²) in [4.78, 5) is 5.43. The summed E-state index contributed by atoms with van der Waals surface area (Å²) in [5.74, 6) is 0.490. The third kappa shape index (κ3) is 7.46. The minimum Gasteiger partial charge on any atom is -0.398 e. The van der Waals surface area contributed by atoms with E-state index in [0.29, 0.717) is 11.3 Å². The zero-order valence-electron chi connectivity index (χ0n) is 27.1. The van der Waals surface area contributed by atoms with Crippen molar-refractivity contribution in [2.24, 2.45) is 0 Å². The third-order valence-corrected chi connectivity index (χ3v) is 11.5. The van der Waals surface area contributed by atoms with Gasteiger partial charge in [-0.3, -0.25) is 4.98 Å². The number of aromatic nitrogens is 1. The Morgan fingerprint density at radius 3 is 2.20 bits per heavy atom. The molecule has 0 spiro atoms. The summed E-state index contributed by atoms with van der Waals surface area (Å²) >= 11 is 1.65. The largest absolute Gasteiger partial charge is 0.398 e. The van der Waals surface area contributed by atoms with Gasteiger partial charge in [0.1, 0.15) is 4.90 Å². The first-order valence-corrected chi connectivity index (χ1v) is 18.8. The van der Waals surface area contributed by atoms with E-state index in [1.807, 2.05) is 103 Å². The topological polar surface area (TPSA) is 124 Å². The normalized spacial score (nSPS) is 19.4. The fourth-order valence-electron chi connectivity index (χ4n) is 6.28. The summed E-state index contributed by atoms with van der Waals surface area (Å²) in [6.45, 7) is 0.0602. The summed E-state index contributed by atoms with van der Waals surface area (Å²) in [6, 6.07) is 42.3. The fraction of sp³-hybridized carbons (Fsp3) is 0.175. The maximum absolute atomic E-state index is 13.3. The van der Waals surface area contributed by atoms with Crippen LogP contribution in [0.2, 0.25) is 0 Å². The van der Waals surface area contributed by atoms with Crippen LogP contribution in [0.4, 0.5) is 5.69 Å². The lowest BCUT2D eigenvalue weighted by molar-refractivity contribution is -0.255. The molecule has 8 nitrogen and oxygen atoms in total. The van der Waals surface area contributed by atoms with Crippen LogP contribution in [0.5, 0.6) is 0 Å². The molecule has 254 valence electrons. The Hall–Kier alpha value is -4.55. The van der Waals surface area contributed by atoms with E-state index in [1.54, 1.807) is 36.2 Å². The summed E-state index contributed by atoms with van der Waals surface area (Å²) in [5, 5.41) is 10.5. The maximum Gasteiger partial charge on any atom is 0.243 e. The number of sulfonamides is 1. The molecule has 1 aliphatic rings. The number of anilines is 1. The van der Waals surface area contributed by atoms with Gasteiger partial charge in [0.25, 0.3) is 0 Å². The number of thioether (sulfide) groups is 1. The molecule has 4 N–H and O–H groups in total. The van der Waals surface area contributed by atoms with E-state index in [9.17, 15) is 13.5 Å². The second-order valence-electron chi connectivity index (χ2n) is 12.1. The van der Waals surface area contributed by atoms with Gasteiger partial charge in [-0.1, -0.05) is 109 Å². The summed E-state index contributed by atoms with van der Waals surface area (Å²) < 4.78 is 43.0. The monoisotopic (exact) mass is 703 g/mol. The molecule has 7 rings (SSSR count). The van der Waals surface area contributed by atoms with Gasteiger partial charge in [-0.05, 0) is 46.5 Å². The Bertz CT molecular complexity index is 2160. The van der Waals surface area contributed by atoms with Crippen LogP contribution >= 0.6 is 11.8 Å². The van der Waals surface area contributed by atoms with Gasteiger partial charge in [-0.2, -0.15) is 0 Å². The number of para-hydroxylation sites is 2. The van der Waals surface area contributed by atoms with Crippen molar-refractivity contribution < 1.29 is 23.0 Å². The average molecular weight is 704 g/mol. The number of hydrogen-bond acceptors (Lipinski definition) is 8. The number of nitrogen functional groups attached to an aromatic ring is 1. The number of fused-ring (bicyclic) bond motifs is 1. The van der Waals surface area contributed by atoms with Crippen LogP contribution in [-0.4, -0.2) is 30.4 Å². The minimum atomic E-state index is -3.82. The van der Waals surface area contributed by atoms with Crippen LogP contribution < -0.4 is 10.5 Å². The molecule has 5 aromatic carbocycles. The zero-order chi connectivity index (χ0) is 34.5. The highest BCUT2D eigenvalue weighted by Gasteiger charge is 2.42. The highest BCUT2D eigenvalue weighted by atomic mass is 32.2. The molecule has 6 aromatic rings. The van der Waals surface area contributed by atoms with Crippen molar-refractivity contribution in [1.29, 1.82) is 0 Å². The number of pyridine rings is 1. The van der Waals surface area contributed by atoms with Crippen LogP contribution in [0.25, 0.3) is 10.9 Å². The van der Waals surface area contributed by atoms with E-state index in [2.05, 4.69) is 21.8 Å². The molecule has 50 heavy (non-hydrogen) atoms. The van der Waals surface area contributed by atoms with Gasteiger partial charge in [0.2, 0.25) is 10.0 Å². The lowest BCUT2D eigenvalue weighted by atomic mass is 9.84. The Morgan fingerprint density at radius 1 is 0.740 bits per heavy atom. The number of benzene rings is 5. The van der Waals surface area contributed by atoms with Crippen LogP contribution in [0, 0.1) is 0 Å². The van der Waals surface area contributed by atoms with E-state index >= 15 is 0 Å². The number of nitrogens with two attached hydrogens (primary N) is 1. The molecule has 0 bridgehead atoms. The van der Waals surface area contributed by atoms with Gasteiger partial charge in [-0.15, -0.1) is 11.8 Å². The lowest BCUT2D eigenvalue weighted by Gasteiger charge is -2.43. The molecule has 0 aliphatic carbocycles. The second kappa shape index (κ2) is 15.1. The highest BCUT2D eigenvalue weighted by molar-refractivity contribution is 7.99. The second-order valence-corrected chi connectivity index (χ2v) is 14.9. The predicted molar refractivity (Wildman–Crippen MR) is 197 cm³/mol. The predicted octanol–water partition coefficient (Wildman–Crippen LogP) is 7.52. The van der Waals surface area contributed by atoms with Crippen molar-refractivity contribution in [3.05, 3.63) is 167 Å². The molecule has 4 atom stereocenters. The molecule has 0 radical (unpaired) electrons. The van der Waals surface area contributed by atoms with Crippen LogP contribution in [0.15, 0.2) is 149 Å². The highest BCUT2D eigenvalue weighted by Crippen LogP contribution is 2.48. The first-order chi connectivity index (χ1) is 24.4. The van der Waals surface area contributed by atoms with E-state index in [0.717, 1.165) is 43.8 Å².